The first kappa shape index (κ1) is 11.4. The van der Waals surface area contributed by atoms with Gasteiger partial charge < -0.3 is 9.30 Å². The second kappa shape index (κ2) is 4.82. The molecule has 3 nitrogen and oxygen atoms in total. The van der Waals surface area contributed by atoms with Crippen LogP contribution in [0.15, 0.2) is 47.4 Å². The molecule has 2 aromatic rings. The number of pyridine rings is 1. The van der Waals surface area contributed by atoms with Gasteiger partial charge in [0, 0.05) is 6.20 Å². The number of halogens is 1. The van der Waals surface area contributed by atoms with E-state index in [9.17, 15) is 9.18 Å². The zero-order valence-corrected chi connectivity index (χ0v) is 9.39. The van der Waals surface area contributed by atoms with Crippen molar-refractivity contribution in [2.45, 2.75) is 6.54 Å². The molecule has 0 amide bonds. The Bertz CT molecular complexity index is 560. The van der Waals surface area contributed by atoms with E-state index in [1.807, 2.05) is 0 Å². The summed E-state index contributed by atoms with van der Waals surface area (Å²) in [5.41, 5.74) is 0.668. The van der Waals surface area contributed by atoms with Crippen LogP contribution in [0.3, 0.4) is 0 Å². The van der Waals surface area contributed by atoms with Crippen LogP contribution in [0.2, 0.25) is 0 Å². The fourth-order valence-corrected chi connectivity index (χ4v) is 1.58. The minimum atomic E-state index is -0.285. The van der Waals surface area contributed by atoms with Gasteiger partial charge in [-0.25, -0.2) is 4.39 Å². The van der Waals surface area contributed by atoms with Gasteiger partial charge in [-0.3, -0.25) is 4.79 Å². The summed E-state index contributed by atoms with van der Waals surface area (Å²) in [5, 5.41) is 0. The number of benzene rings is 1. The molecule has 0 aliphatic heterocycles. The molecular formula is C13H12FNO2. The summed E-state index contributed by atoms with van der Waals surface area (Å²) >= 11 is 0. The number of hydrogen-bond donors (Lipinski definition) is 0. The number of rotatable bonds is 3. The summed E-state index contributed by atoms with van der Waals surface area (Å²) in [4.78, 5) is 11.8. The predicted molar refractivity (Wildman–Crippen MR) is 62.8 cm³/mol. The Balaban J connectivity index is 2.30. The molecule has 0 unspecified atom stereocenters. The largest absolute Gasteiger partial charge is 0.491 e. The summed E-state index contributed by atoms with van der Waals surface area (Å²) in [5.74, 6) is 0.0151. The molecule has 1 aromatic heterocycles. The number of hydrogen-bond acceptors (Lipinski definition) is 2. The second-order valence-electron chi connectivity index (χ2n) is 3.64. The first-order valence-electron chi connectivity index (χ1n) is 5.18. The molecule has 4 heteroatoms. The average molecular weight is 233 g/mol. The van der Waals surface area contributed by atoms with Crippen LogP contribution in [-0.2, 0) is 6.54 Å². The third-order valence-electron chi connectivity index (χ3n) is 2.47. The highest BCUT2D eigenvalue weighted by Gasteiger charge is 2.03. The van der Waals surface area contributed by atoms with Crippen LogP contribution in [0.1, 0.15) is 5.56 Å². The van der Waals surface area contributed by atoms with E-state index in [0.29, 0.717) is 12.3 Å². The van der Waals surface area contributed by atoms with E-state index in [-0.39, 0.29) is 11.4 Å². The van der Waals surface area contributed by atoms with Crippen molar-refractivity contribution in [3.63, 3.8) is 0 Å². The van der Waals surface area contributed by atoms with Gasteiger partial charge in [-0.05, 0) is 29.8 Å². The Morgan fingerprint density at radius 3 is 2.59 bits per heavy atom. The molecule has 17 heavy (non-hydrogen) atoms. The molecule has 2 rings (SSSR count). The number of nitrogens with zero attached hydrogens (tertiary/aromatic N) is 1. The number of aromatic nitrogens is 1. The lowest BCUT2D eigenvalue weighted by Crippen LogP contribution is -2.20. The van der Waals surface area contributed by atoms with Gasteiger partial charge in [0.2, 0.25) is 0 Å². The molecule has 0 radical (unpaired) electrons. The Kier molecular flexibility index (Phi) is 3.23. The van der Waals surface area contributed by atoms with Gasteiger partial charge in [-0.2, -0.15) is 0 Å². The topological polar surface area (TPSA) is 31.2 Å². The summed E-state index contributed by atoms with van der Waals surface area (Å²) in [7, 11) is 1.46. The molecule has 1 aromatic carbocycles. The van der Waals surface area contributed by atoms with Crippen LogP contribution < -0.4 is 10.3 Å². The minimum Gasteiger partial charge on any atom is -0.491 e. The van der Waals surface area contributed by atoms with Gasteiger partial charge >= 0.3 is 0 Å². The van der Waals surface area contributed by atoms with E-state index in [1.165, 1.54) is 23.8 Å². The second-order valence-corrected chi connectivity index (χ2v) is 3.64. The lowest BCUT2D eigenvalue weighted by molar-refractivity contribution is 0.403. The van der Waals surface area contributed by atoms with E-state index in [2.05, 4.69) is 0 Å². The van der Waals surface area contributed by atoms with Crippen LogP contribution in [0.25, 0.3) is 0 Å². The highest BCUT2D eigenvalue weighted by atomic mass is 19.1. The standard InChI is InChI=1S/C13H12FNO2/c1-17-12-3-2-8-15(13(12)16)9-10-4-6-11(14)7-5-10/h2-8H,9H2,1H3. The smallest absolute Gasteiger partial charge is 0.293 e. The van der Waals surface area contributed by atoms with E-state index in [1.54, 1.807) is 30.5 Å². The van der Waals surface area contributed by atoms with Crippen molar-refractivity contribution in [2.24, 2.45) is 0 Å². The van der Waals surface area contributed by atoms with E-state index in [4.69, 9.17) is 4.74 Å². The average Bonchev–Trinajstić information content (AvgIpc) is 2.35. The van der Waals surface area contributed by atoms with Crippen molar-refractivity contribution < 1.29 is 9.13 Å². The fourth-order valence-electron chi connectivity index (χ4n) is 1.58. The summed E-state index contributed by atoms with van der Waals surface area (Å²) in [6.45, 7) is 0.399. The van der Waals surface area contributed by atoms with Gasteiger partial charge in [-0.15, -0.1) is 0 Å². The highest BCUT2D eigenvalue weighted by molar-refractivity contribution is 5.20. The third kappa shape index (κ3) is 2.53. The third-order valence-corrected chi connectivity index (χ3v) is 2.47. The molecule has 0 bridgehead atoms. The quantitative estimate of drug-likeness (QED) is 0.812. The van der Waals surface area contributed by atoms with Crippen LogP contribution in [0, 0.1) is 5.82 Å². The van der Waals surface area contributed by atoms with Gasteiger partial charge in [0.1, 0.15) is 5.82 Å². The van der Waals surface area contributed by atoms with Crippen molar-refractivity contribution in [3.05, 3.63) is 64.3 Å². The van der Waals surface area contributed by atoms with Gasteiger partial charge in [0.15, 0.2) is 5.75 Å². The first-order valence-corrected chi connectivity index (χ1v) is 5.18. The Hall–Kier alpha value is -2.10. The molecular weight excluding hydrogens is 221 g/mol. The van der Waals surface area contributed by atoms with E-state index in [0.717, 1.165) is 5.56 Å². The van der Waals surface area contributed by atoms with Crippen LogP contribution >= 0.6 is 0 Å². The molecule has 0 fully saturated rings. The monoisotopic (exact) mass is 233 g/mol. The Labute approximate surface area is 98.1 Å². The Morgan fingerprint density at radius 1 is 1.24 bits per heavy atom. The Morgan fingerprint density at radius 2 is 1.94 bits per heavy atom. The number of ether oxygens (including phenoxy) is 1. The zero-order chi connectivity index (χ0) is 12.3. The normalized spacial score (nSPS) is 10.2. The lowest BCUT2D eigenvalue weighted by atomic mass is 10.2. The number of methoxy groups -OCH3 is 1. The minimum absolute atomic E-state index is 0.195. The summed E-state index contributed by atoms with van der Waals surface area (Å²) < 4.78 is 19.2. The van der Waals surface area contributed by atoms with Crippen molar-refractivity contribution in [1.82, 2.24) is 4.57 Å². The van der Waals surface area contributed by atoms with Crippen LogP contribution in [0.4, 0.5) is 4.39 Å². The van der Waals surface area contributed by atoms with Crippen molar-refractivity contribution >= 4 is 0 Å². The summed E-state index contributed by atoms with van der Waals surface area (Å²) in [6.07, 6.45) is 1.67. The van der Waals surface area contributed by atoms with E-state index >= 15 is 0 Å². The van der Waals surface area contributed by atoms with E-state index < -0.39 is 0 Å². The van der Waals surface area contributed by atoms with Crippen molar-refractivity contribution in [2.75, 3.05) is 7.11 Å². The highest BCUT2D eigenvalue weighted by Crippen LogP contribution is 2.06. The molecule has 1 heterocycles. The molecule has 0 atom stereocenters. The molecule has 0 saturated carbocycles. The SMILES string of the molecule is COc1cccn(Cc2ccc(F)cc2)c1=O. The van der Waals surface area contributed by atoms with Crippen molar-refractivity contribution in [1.29, 1.82) is 0 Å². The summed E-state index contributed by atoms with van der Waals surface area (Å²) in [6, 6.07) is 9.41. The predicted octanol–water partition coefficient (Wildman–Crippen LogP) is 2.04. The van der Waals surface area contributed by atoms with Gasteiger partial charge in [-0.1, -0.05) is 12.1 Å². The van der Waals surface area contributed by atoms with Crippen LogP contribution in [0.5, 0.6) is 5.75 Å². The van der Waals surface area contributed by atoms with Crippen molar-refractivity contribution in [3.8, 4) is 5.75 Å². The molecule has 0 aliphatic rings. The maximum absolute atomic E-state index is 12.7. The molecule has 0 saturated heterocycles. The molecule has 0 aliphatic carbocycles. The molecule has 0 spiro atoms. The van der Waals surface area contributed by atoms with Gasteiger partial charge in [0.05, 0.1) is 13.7 Å². The zero-order valence-electron chi connectivity index (χ0n) is 9.39. The lowest BCUT2D eigenvalue weighted by Gasteiger charge is -2.07. The van der Waals surface area contributed by atoms with Crippen LogP contribution in [-0.4, -0.2) is 11.7 Å². The maximum Gasteiger partial charge on any atom is 0.293 e. The van der Waals surface area contributed by atoms with Gasteiger partial charge in [0.25, 0.3) is 5.56 Å². The molecule has 0 N–H and O–H groups in total. The molecule has 88 valence electrons. The fraction of sp³-hybridized carbons (Fsp3) is 0.154. The maximum atomic E-state index is 12.7. The first-order chi connectivity index (χ1) is 8.20.